The number of carbonyl (C=O) groups excluding carboxylic acids is 1. The van der Waals surface area contributed by atoms with Gasteiger partial charge in [-0.1, -0.05) is 18.0 Å². The van der Waals surface area contributed by atoms with Gasteiger partial charge in [0.25, 0.3) is 0 Å². The molecule has 0 aliphatic heterocycles. The summed E-state index contributed by atoms with van der Waals surface area (Å²) in [6, 6.07) is 2.88. The number of benzene rings is 1. The fourth-order valence-electron chi connectivity index (χ4n) is 2.41. The second kappa shape index (κ2) is 5.57. The largest absolute Gasteiger partial charge is 0.417 e. The first-order valence-electron chi connectivity index (χ1n) is 6.42. The van der Waals surface area contributed by atoms with Crippen molar-refractivity contribution < 1.29 is 27.5 Å². The molecule has 0 bridgehead atoms. The lowest BCUT2D eigenvalue weighted by Crippen LogP contribution is -2.54. The summed E-state index contributed by atoms with van der Waals surface area (Å²) < 4.78 is 52.5. The van der Waals surface area contributed by atoms with E-state index in [0.29, 0.717) is 6.42 Å². The van der Waals surface area contributed by atoms with Gasteiger partial charge in [0.1, 0.15) is 5.82 Å². The Morgan fingerprint density at radius 1 is 1.33 bits per heavy atom. The molecule has 0 spiro atoms. The van der Waals surface area contributed by atoms with E-state index < -0.39 is 35.7 Å². The summed E-state index contributed by atoms with van der Waals surface area (Å²) in [4.78, 5) is 12.0. The summed E-state index contributed by atoms with van der Waals surface area (Å²) in [5.41, 5.74) is -3.43. The van der Waals surface area contributed by atoms with Crippen LogP contribution >= 0.6 is 11.6 Å². The van der Waals surface area contributed by atoms with Gasteiger partial charge in [0.05, 0.1) is 5.02 Å². The summed E-state index contributed by atoms with van der Waals surface area (Å²) in [6.07, 6.45) is -5.07. The first kappa shape index (κ1) is 16.2. The molecule has 116 valence electrons. The molecule has 1 aliphatic rings. The van der Waals surface area contributed by atoms with Gasteiger partial charge >= 0.3 is 6.18 Å². The van der Waals surface area contributed by atoms with E-state index in [1.807, 2.05) is 0 Å². The molecule has 21 heavy (non-hydrogen) atoms. The van der Waals surface area contributed by atoms with E-state index in [1.54, 1.807) is 0 Å². The van der Waals surface area contributed by atoms with Crippen molar-refractivity contribution in [2.45, 2.75) is 37.5 Å². The van der Waals surface area contributed by atoms with Crippen molar-refractivity contribution in [1.29, 1.82) is 0 Å². The van der Waals surface area contributed by atoms with Gasteiger partial charge in [-0.3, -0.25) is 4.79 Å². The van der Waals surface area contributed by atoms with E-state index >= 15 is 0 Å². The van der Waals surface area contributed by atoms with Crippen LogP contribution in [0.3, 0.4) is 0 Å². The van der Waals surface area contributed by atoms with E-state index in [4.69, 9.17) is 11.6 Å². The third-order valence-corrected chi connectivity index (χ3v) is 4.26. The normalized spacial score (nSPS) is 19.0. The van der Waals surface area contributed by atoms with Crippen molar-refractivity contribution in [2.24, 2.45) is 5.92 Å². The van der Waals surface area contributed by atoms with E-state index in [0.717, 1.165) is 18.2 Å². The number of halogens is 5. The number of rotatable bonds is 4. The fourth-order valence-corrected chi connectivity index (χ4v) is 2.64. The minimum atomic E-state index is -4.92. The Bertz CT molecular complexity index is 554. The van der Waals surface area contributed by atoms with Crippen molar-refractivity contribution in [3.63, 3.8) is 0 Å². The van der Waals surface area contributed by atoms with Gasteiger partial charge in [-0.15, -0.1) is 0 Å². The molecule has 1 unspecified atom stereocenters. The van der Waals surface area contributed by atoms with Crippen molar-refractivity contribution in [3.8, 4) is 0 Å². The lowest BCUT2D eigenvalue weighted by Gasteiger charge is -2.42. The van der Waals surface area contributed by atoms with Crippen LogP contribution in [0.25, 0.3) is 0 Å². The molecule has 0 saturated heterocycles. The molecular weight excluding hydrogens is 312 g/mol. The van der Waals surface area contributed by atoms with Gasteiger partial charge in [-0.05, 0) is 37.0 Å². The summed E-state index contributed by atoms with van der Waals surface area (Å²) >= 11 is 5.71. The van der Waals surface area contributed by atoms with Crippen LogP contribution in [0.5, 0.6) is 0 Å². The Kier molecular flexibility index (Phi) is 4.31. The molecule has 1 saturated carbocycles. The van der Waals surface area contributed by atoms with Crippen LogP contribution in [0.2, 0.25) is 5.02 Å². The van der Waals surface area contributed by atoms with E-state index in [2.05, 4.69) is 0 Å². The quantitative estimate of drug-likeness (QED) is 0.667. The Morgan fingerprint density at radius 3 is 2.43 bits per heavy atom. The second-order valence-electron chi connectivity index (χ2n) is 5.27. The zero-order chi connectivity index (χ0) is 15.8. The molecule has 0 aromatic heterocycles. The molecule has 1 N–H and O–H groups in total. The number of hydrogen-bond donors (Lipinski definition) is 1. The summed E-state index contributed by atoms with van der Waals surface area (Å²) in [7, 11) is 0. The Morgan fingerprint density at radius 2 is 1.95 bits per heavy atom. The number of aliphatic hydroxyl groups is 1. The number of alkyl halides is 3. The Hall–Kier alpha value is -1.14. The van der Waals surface area contributed by atoms with E-state index in [1.165, 1.54) is 0 Å². The molecule has 1 fully saturated rings. The topological polar surface area (TPSA) is 37.3 Å². The lowest BCUT2D eigenvalue weighted by atomic mass is 9.70. The van der Waals surface area contributed by atoms with E-state index in [-0.39, 0.29) is 23.4 Å². The van der Waals surface area contributed by atoms with Crippen LogP contribution in [0.4, 0.5) is 17.6 Å². The highest BCUT2D eigenvalue weighted by Gasteiger charge is 2.60. The zero-order valence-electron chi connectivity index (χ0n) is 10.9. The van der Waals surface area contributed by atoms with Gasteiger partial charge in [0.15, 0.2) is 11.4 Å². The van der Waals surface area contributed by atoms with Crippen LogP contribution in [0.15, 0.2) is 18.2 Å². The average molecular weight is 325 g/mol. The average Bonchev–Trinajstić information content (AvgIpc) is 2.28. The third-order valence-electron chi connectivity index (χ3n) is 3.93. The first-order valence-corrected chi connectivity index (χ1v) is 6.80. The predicted molar refractivity (Wildman–Crippen MR) is 68.7 cm³/mol. The molecule has 0 heterocycles. The number of ketones is 1. The van der Waals surface area contributed by atoms with Crippen molar-refractivity contribution in [1.82, 2.24) is 0 Å². The molecule has 1 aromatic rings. The molecule has 0 radical (unpaired) electrons. The summed E-state index contributed by atoms with van der Waals surface area (Å²) in [5, 5.41) is 9.84. The van der Waals surface area contributed by atoms with Crippen LogP contribution in [0.1, 0.15) is 36.0 Å². The third kappa shape index (κ3) is 3.06. The van der Waals surface area contributed by atoms with Crippen LogP contribution in [-0.4, -0.2) is 22.7 Å². The van der Waals surface area contributed by atoms with Crippen LogP contribution in [0, 0.1) is 11.7 Å². The molecule has 1 aromatic carbocycles. The Labute approximate surface area is 123 Å². The molecule has 7 heteroatoms. The molecule has 2 rings (SSSR count). The van der Waals surface area contributed by atoms with Gasteiger partial charge in [0, 0.05) is 12.0 Å². The van der Waals surface area contributed by atoms with Crippen molar-refractivity contribution >= 4 is 17.4 Å². The van der Waals surface area contributed by atoms with Crippen molar-refractivity contribution in [3.05, 3.63) is 34.6 Å². The summed E-state index contributed by atoms with van der Waals surface area (Å²) in [6.45, 7) is 0. The predicted octanol–water partition coefficient (Wildman–Crippen LogP) is 4.15. The fraction of sp³-hybridized carbons (Fsp3) is 0.500. The van der Waals surface area contributed by atoms with Gasteiger partial charge < -0.3 is 5.11 Å². The number of hydrogen-bond acceptors (Lipinski definition) is 2. The maximum Gasteiger partial charge on any atom is 0.417 e. The zero-order valence-corrected chi connectivity index (χ0v) is 11.6. The van der Waals surface area contributed by atoms with Crippen LogP contribution in [-0.2, 0) is 0 Å². The molecule has 2 nitrogen and oxygen atoms in total. The minimum Gasteiger partial charge on any atom is -0.380 e. The second-order valence-corrected chi connectivity index (χ2v) is 5.68. The van der Waals surface area contributed by atoms with Crippen molar-refractivity contribution in [2.75, 3.05) is 0 Å². The molecule has 0 amide bonds. The molecule has 1 aliphatic carbocycles. The smallest absolute Gasteiger partial charge is 0.380 e. The number of Topliss-reactive ketones (excluding diaryl/α,β-unsaturated/α-hetero) is 1. The van der Waals surface area contributed by atoms with Crippen LogP contribution < -0.4 is 0 Å². The lowest BCUT2D eigenvalue weighted by molar-refractivity contribution is -0.285. The number of carbonyl (C=O) groups is 1. The highest BCUT2D eigenvalue weighted by atomic mass is 35.5. The highest BCUT2D eigenvalue weighted by molar-refractivity contribution is 6.34. The minimum absolute atomic E-state index is 0.139. The van der Waals surface area contributed by atoms with Gasteiger partial charge in [-0.2, -0.15) is 13.2 Å². The maximum absolute atomic E-state index is 13.1. The summed E-state index contributed by atoms with van der Waals surface area (Å²) in [5.74, 6) is -2.80. The van der Waals surface area contributed by atoms with Gasteiger partial charge in [0.2, 0.25) is 0 Å². The Balaban J connectivity index is 2.28. The van der Waals surface area contributed by atoms with E-state index in [9.17, 15) is 27.5 Å². The standard InChI is InChI=1S/C14H13ClF4O2/c15-11-5-4-9(16)6-10(11)12(20)7-13(21,14(17,18)19)8-2-1-3-8/h4-6,8,21H,1-3,7H2. The highest BCUT2D eigenvalue weighted by Crippen LogP contribution is 2.47. The van der Waals surface area contributed by atoms with Gasteiger partial charge in [-0.25, -0.2) is 4.39 Å². The monoisotopic (exact) mass is 324 g/mol. The molecular formula is C14H13ClF4O2. The first-order chi connectivity index (χ1) is 9.65. The molecule has 1 atom stereocenters. The maximum atomic E-state index is 13.1. The SMILES string of the molecule is O=C(CC(O)(C1CCC1)C(F)(F)F)c1cc(F)ccc1Cl.